The van der Waals surface area contributed by atoms with E-state index in [2.05, 4.69) is 0 Å². The first kappa shape index (κ1) is 14.0. The Labute approximate surface area is 116 Å². The molecule has 2 rings (SSSR count). The van der Waals surface area contributed by atoms with E-state index in [1.54, 1.807) is 5.37 Å². The number of amides is 1. The van der Waals surface area contributed by atoms with Gasteiger partial charge in [0, 0.05) is 13.5 Å². The normalized spacial score (nSPS) is 27.3. The lowest BCUT2D eigenvalue weighted by Gasteiger charge is -2.33. The number of allylic oxidation sites excluding steroid dienone is 1. The summed E-state index contributed by atoms with van der Waals surface area (Å²) in [6.45, 7) is 1.67. The van der Waals surface area contributed by atoms with Gasteiger partial charge in [-0.1, -0.05) is 12.2 Å². The van der Waals surface area contributed by atoms with Gasteiger partial charge in [-0.25, -0.2) is 4.79 Å². The number of hydrogen-bond acceptors (Lipinski definition) is 6. The molecule has 0 aromatic carbocycles. The lowest BCUT2D eigenvalue weighted by atomic mass is 10.1. The molecule has 0 N–H and O–H groups in total. The quantitative estimate of drug-likeness (QED) is 0.321. The van der Waals surface area contributed by atoms with Gasteiger partial charge in [0.15, 0.2) is 19.1 Å². The van der Waals surface area contributed by atoms with E-state index in [0.29, 0.717) is 18.6 Å². The molecule has 19 heavy (non-hydrogen) atoms. The van der Waals surface area contributed by atoms with Crippen molar-refractivity contribution >= 4 is 29.5 Å². The van der Waals surface area contributed by atoms with Gasteiger partial charge >= 0.3 is 5.97 Å². The molecule has 2 unspecified atom stereocenters. The van der Waals surface area contributed by atoms with Crippen molar-refractivity contribution in [2.24, 2.45) is 0 Å². The Morgan fingerprint density at radius 3 is 2.95 bits per heavy atom. The zero-order valence-electron chi connectivity index (χ0n) is 10.8. The van der Waals surface area contributed by atoms with E-state index in [1.165, 1.54) is 12.0 Å². The van der Waals surface area contributed by atoms with Crippen LogP contribution in [-0.4, -0.2) is 48.3 Å². The lowest BCUT2D eigenvalue weighted by molar-refractivity contribution is -0.170. The highest BCUT2D eigenvalue weighted by Gasteiger charge is 2.54. The fraction of sp³-hybridized carbons (Fsp3) is 0.583. The number of carbonyl (C=O) groups is 2. The molecule has 1 amide bonds. The van der Waals surface area contributed by atoms with Crippen LogP contribution >= 0.6 is 12.2 Å². The Balaban J connectivity index is 2.22. The van der Waals surface area contributed by atoms with Crippen molar-refractivity contribution in [1.29, 1.82) is 0 Å². The summed E-state index contributed by atoms with van der Waals surface area (Å²) in [7, 11) is 1.42. The van der Waals surface area contributed by atoms with Crippen LogP contribution in [0.25, 0.3) is 0 Å². The molecule has 6 nitrogen and oxygen atoms in total. The minimum Gasteiger partial charge on any atom is -0.471 e. The van der Waals surface area contributed by atoms with Crippen LogP contribution in [0.2, 0.25) is 0 Å². The average molecular weight is 285 g/mol. The number of carbonyl (C=O) groups excluding carboxylic acids is 2. The Hall–Kier alpha value is -1.47. The second-order valence-electron chi connectivity index (χ2n) is 4.37. The van der Waals surface area contributed by atoms with Crippen molar-refractivity contribution in [2.75, 3.05) is 13.9 Å². The number of ether oxygens (including phenoxy) is 3. The highest BCUT2D eigenvalue weighted by atomic mass is 32.1. The molecule has 0 bridgehead atoms. The van der Waals surface area contributed by atoms with Crippen LogP contribution in [0.1, 0.15) is 19.8 Å². The van der Waals surface area contributed by atoms with Crippen LogP contribution in [0.3, 0.4) is 0 Å². The van der Waals surface area contributed by atoms with E-state index in [1.807, 2.05) is 6.92 Å². The number of nitrogens with zero attached hydrogens (tertiary/aromatic N) is 1. The van der Waals surface area contributed by atoms with Crippen molar-refractivity contribution in [3.63, 3.8) is 0 Å². The van der Waals surface area contributed by atoms with Gasteiger partial charge in [-0.3, -0.25) is 9.69 Å². The smallest absolute Gasteiger partial charge is 0.339 e. The summed E-state index contributed by atoms with van der Waals surface area (Å²) in [4.78, 5) is 25.0. The predicted octanol–water partition coefficient (Wildman–Crippen LogP) is 0.754. The van der Waals surface area contributed by atoms with Crippen LogP contribution < -0.4 is 0 Å². The van der Waals surface area contributed by atoms with Gasteiger partial charge in [0.1, 0.15) is 5.76 Å². The van der Waals surface area contributed by atoms with Gasteiger partial charge in [-0.05, 0) is 17.9 Å². The van der Waals surface area contributed by atoms with Crippen LogP contribution in [0.5, 0.6) is 0 Å². The van der Waals surface area contributed by atoms with Gasteiger partial charge in [0.25, 0.3) is 0 Å². The number of β-lactam (4-membered cyclic amide) rings is 1. The first-order valence-electron chi connectivity index (χ1n) is 5.86. The molecule has 0 spiro atoms. The third-order valence-electron chi connectivity index (χ3n) is 3.09. The maximum Gasteiger partial charge on any atom is 0.339 e. The van der Waals surface area contributed by atoms with Gasteiger partial charge < -0.3 is 14.2 Å². The molecule has 0 aliphatic carbocycles. The molecule has 2 aliphatic rings. The topological polar surface area (TPSA) is 65.1 Å². The highest BCUT2D eigenvalue weighted by molar-refractivity contribution is 7.79. The SMILES string of the molecule is COCOC(=O)C1C(=C(C)CC=S)OC2CC(=O)N21. The maximum absolute atomic E-state index is 12.0. The first-order valence-corrected chi connectivity index (χ1v) is 6.34. The summed E-state index contributed by atoms with van der Waals surface area (Å²) in [5.74, 6) is -0.191. The van der Waals surface area contributed by atoms with E-state index >= 15 is 0 Å². The van der Waals surface area contributed by atoms with Crippen molar-refractivity contribution in [1.82, 2.24) is 4.90 Å². The van der Waals surface area contributed by atoms with Crippen LogP contribution in [0.4, 0.5) is 0 Å². The summed E-state index contributed by atoms with van der Waals surface area (Å²) >= 11 is 4.80. The molecular weight excluding hydrogens is 270 g/mol. The molecular formula is C12H15NO5S. The molecule has 0 aromatic heterocycles. The highest BCUT2D eigenvalue weighted by Crippen LogP contribution is 2.38. The second-order valence-corrected chi connectivity index (χ2v) is 4.70. The van der Waals surface area contributed by atoms with Crippen LogP contribution in [-0.2, 0) is 23.8 Å². The molecule has 2 atom stereocenters. The Bertz CT molecular complexity index is 447. The van der Waals surface area contributed by atoms with E-state index in [9.17, 15) is 9.59 Å². The molecule has 2 aliphatic heterocycles. The van der Waals surface area contributed by atoms with Crippen molar-refractivity contribution in [3.8, 4) is 0 Å². The van der Waals surface area contributed by atoms with E-state index in [0.717, 1.165) is 5.57 Å². The first-order chi connectivity index (χ1) is 9.10. The van der Waals surface area contributed by atoms with Gasteiger partial charge in [-0.15, -0.1) is 0 Å². The standard InChI is InChI=1S/C12H15NO5S/c1-7(3-4-19)11-10(12(15)17-6-16-2)13-8(14)5-9(13)18-11/h4,9-10H,3,5-6H2,1-2H3. The van der Waals surface area contributed by atoms with Gasteiger partial charge in [0.05, 0.1) is 6.42 Å². The molecule has 2 saturated heterocycles. The van der Waals surface area contributed by atoms with E-state index in [-0.39, 0.29) is 18.9 Å². The Morgan fingerprint density at radius 1 is 1.63 bits per heavy atom. The maximum atomic E-state index is 12.0. The van der Waals surface area contributed by atoms with Gasteiger partial charge in [0.2, 0.25) is 5.91 Å². The summed E-state index contributed by atoms with van der Waals surface area (Å²) in [6.07, 6.45) is 0.457. The fourth-order valence-corrected chi connectivity index (χ4v) is 2.37. The van der Waals surface area contributed by atoms with Gasteiger partial charge in [-0.2, -0.15) is 0 Å². The molecule has 0 radical (unpaired) electrons. The molecule has 2 heterocycles. The Kier molecular flexibility index (Phi) is 4.16. The Morgan fingerprint density at radius 2 is 2.37 bits per heavy atom. The minimum atomic E-state index is -0.809. The molecule has 0 saturated carbocycles. The zero-order chi connectivity index (χ0) is 14.0. The number of thiocarbonyl (C=S) groups is 1. The second kappa shape index (κ2) is 5.66. The third kappa shape index (κ3) is 2.48. The molecule has 0 aromatic rings. The number of esters is 1. The number of hydrogen-bond donors (Lipinski definition) is 0. The molecule has 2 fully saturated rings. The van der Waals surface area contributed by atoms with Crippen molar-refractivity contribution in [3.05, 3.63) is 11.3 Å². The number of methoxy groups -OCH3 is 1. The predicted molar refractivity (Wildman–Crippen MR) is 69.1 cm³/mol. The van der Waals surface area contributed by atoms with E-state index < -0.39 is 12.0 Å². The number of rotatable bonds is 5. The molecule has 7 heteroatoms. The summed E-state index contributed by atoms with van der Waals surface area (Å²) in [6, 6.07) is -0.809. The lowest BCUT2D eigenvalue weighted by Crippen LogP contribution is -2.55. The largest absolute Gasteiger partial charge is 0.471 e. The van der Waals surface area contributed by atoms with Crippen LogP contribution in [0.15, 0.2) is 11.3 Å². The monoisotopic (exact) mass is 285 g/mol. The zero-order valence-corrected chi connectivity index (χ0v) is 11.6. The summed E-state index contributed by atoms with van der Waals surface area (Å²) in [5.41, 5.74) is 0.830. The fourth-order valence-electron chi connectivity index (χ4n) is 2.12. The number of fused-ring (bicyclic) bond motifs is 1. The third-order valence-corrected chi connectivity index (χ3v) is 3.26. The molecule has 104 valence electrons. The van der Waals surface area contributed by atoms with Crippen molar-refractivity contribution in [2.45, 2.75) is 32.0 Å². The van der Waals surface area contributed by atoms with Crippen molar-refractivity contribution < 1.29 is 23.8 Å². The van der Waals surface area contributed by atoms with Crippen LogP contribution in [0, 0.1) is 0 Å². The van der Waals surface area contributed by atoms with E-state index in [4.69, 9.17) is 26.4 Å². The minimum absolute atomic E-state index is 0.116. The summed E-state index contributed by atoms with van der Waals surface area (Å²) in [5, 5.41) is 1.56. The summed E-state index contributed by atoms with van der Waals surface area (Å²) < 4.78 is 15.3. The average Bonchev–Trinajstić information content (AvgIpc) is 2.69.